The van der Waals surface area contributed by atoms with Crippen LogP contribution in [-0.4, -0.2) is 4.57 Å². The molecule has 2 aromatic rings. The van der Waals surface area contributed by atoms with Crippen molar-refractivity contribution in [2.45, 2.75) is 0 Å². The first-order chi connectivity index (χ1) is 6.24. The van der Waals surface area contributed by atoms with Crippen LogP contribution in [0.1, 0.15) is 0 Å². The highest BCUT2D eigenvalue weighted by Gasteiger charge is 2.05. The Balaban J connectivity index is 3.02. The number of nitrogens with two attached hydrogens (primary N) is 1. The molecule has 0 unspecified atom stereocenters. The highest BCUT2D eigenvalue weighted by Crippen LogP contribution is 2.24. The van der Waals surface area contributed by atoms with Crippen molar-refractivity contribution < 1.29 is 0 Å². The quantitative estimate of drug-likeness (QED) is 0.525. The first-order valence-electron chi connectivity index (χ1n) is 3.72. The number of rotatable bonds is 0. The highest BCUT2D eigenvalue weighted by atomic mass is 35.5. The van der Waals surface area contributed by atoms with Crippen molar-refractivity contribution in [2.24, 2.45) is 18.0 Å². The Morgan fingerprint density at radius 2 is 2.31 bits per heavy atom. The summed E-state index contributed by atoms with van der Waals surface area (Å²) in [5.74, 6) is 5.24. The molecule has 0 aliphatic carbocycles. The van der Waals surface area contributed by atoms with Crippen LogP contribution in [0.4, 0.5) is 0 Å². The van der Waals surface area contributed by atoms with Gasteiger partial charge >= 0.3 is 0 Å². The van der Waals surface area contributed by atoms with E-state index in [2.05, 4.69) is 5.10 Å². The predicted octanol–water partition coefficient (Wildman–Crippen LogP) is 1.67. The number of aromatic nitrogens is 1. The van der Waals surface area contributed by atoms with Gasteiger partial charge in [0.25, 0.3) is 0 Å². The van der Waals surface area contributed by atoms with Crippen LogP contribution in [0.3, 0.4) is 0 Å². The first kappa shape index (κ1) is 8.59. The van der Waals surface area contributed by atoms with Crippen molar-refractivity contribution >= 4 is 33.2 Å². The Labute approximate surface area is 84.1 Å². The average molecular weight is 214 g/mol. The van der Waals surface area contributed by atoms with Gasteiger partial charge < -0.3 is 10.4 Å². The fraction of sp³-hybridized carbons (Fsp3) is 0.125. The van der Waals surface area contributed by atoms with Gasteiger partial charge in [0.05, 0.1) is 15.2 Å². The van der Waals surface area contributed by atoms with E-state index in [1.165, 1.54) is 11.3 Å². The molecule has 0 amide bonds. The van der Waals surface area contributed by atoms with Gasteiger partial charge in [-0.15, -0.1) is 0 Å². The number of benzene rings is 1. The molecule has 0 aliphatic rings. The molecule has 0 bridgehead atoms. The van der Waals surface area contributed by atoms with Gasteiger partial charge in [-0.05, 0) is 12.1 Å². The number of hydrogen-bond acceptors (Lipinski definition) is 3. The lowest BCUT2D eigenvalue weighted by atomic mass is 10.3. The Morgan fingerprint density at radius 3 is 2.92 bits per heavy atom. The molecule has 0 saturated carbocycles. The maximum absolute atomic E-state index is 6.04. The van der Waals surface area contributed by atoms with E-state index >= 15 is 0 Å². The average Bonchev–Trinajstić information content (AvgIpc) is 2.44. The Kier molecular flexibility index (Phi) is 2.01. The fourth-order valence-corrected chi connectivity index (χ4v) is 2.60. The Hall–Kier alpha value is -1.00. The van der Waals surface area contributed by atoms with Crippen LogP contribution >= 0.6 is 22.9 Å². The largest absolute Gasteiger partial charge is 0.320 e. The maximum atomic E-state index is 6.04. The number of aryl methyl sites for hydroxylation is 1. The molecule has 0 radical (unpaired) electrons. The second kappa shape index (κ2) is 3.05. The minimum Gasteiger partial charge on any atom is -0.320 e. The van der Waals surface area contributed by atoms with E-state index in [1.54, 1.807) is 0 Å². The summed E-state index contributed by atoms with van der Waals surface area (Å²) in [6, 6.07) is 5.78. The summed E-state index contributed by atoms with van der Waals surface area (Å²) in [7, 11) is 1.90. The molecule has 3 nitrogen and oxygen atoms in total. The molecule has 0 fully saturated rings. The van der Waals surface area contributed by atoms with Gasteiger partial charge in [-0.3, -0.25) is 0 Å². The van der Waals surface area contributed by atoms with Crippen LogP contribution in [0.5, 0.6) is 0 Å². The third-order valence-electron chi connectivity index (χ3n) is 1.88. The Bertz CT molecular complexity index is 512. The van der Waals surface area contributed by atoms with Crippen molar-refractivity contribution in [2.75, 3.05) is 0 Å². The van der Waals surface area contributed by atoms with Gasteiger partial charge in [0, 0.05) is 7.05 Å². The number of nitrogens with zero attached hydrogens (tertiary/aromatic N) is 2. The SMILES string of the molecule is Cn1c(=NN)sc2cccc(Cl)c21. The van der Waals surface area contributed by atoms with Crippen LogP contribution in [0.15, 0.2) is 23.3 Å². The normalized spacial score (nSPS) is 12.6. The van der Waals surface area contributed by atoms with E-state index in [-0.39, 0.29) is 0 Å². The third-order valence-corrected chi connectivity index (χ3v) is 3.30. The van der Waals surface area contributed by atoms with E-state index in [0.29, 0.717) is 0 Å². The molecule has 0 aliphatic heterocycles. The van der Waals surface area contributed by atoms with Gasteiger partial charge in [-0.25, -0.2) is 0 Å². The molecule has 0 saturated heterocycles. The molecule has 1 aromatic heterocycles. The molecule has 2 N–H and O–H groups in total. The van der Waals surface area contributed by atoms with Crippen molar-refractivity contribution in [1.82, 2.24) is 4.57 Å². The smallest absolute Gasteiger partial charge is 0.208 e. The molecule has 0 atom stereocenters. The molecule has 1 heterocycles. The first-order valence-corrected chi connectivity index (χ1v) is 4.91. The molecular formula is C8H8ClN3S. The summed E-state index contributed by atoms with van der Waals surface area (Å²) < 4.78 is 2.99. The van der Waals surface area contributed by atoms with Gasteiger partial charge in [-0.2, -0.15) is 5.10 Å². The summed E-state index contributed by atoms with van der Waals surface area (Å²) in [6.07, 6.45) is 0. The lowest BCUT2D eigenvalue weighted by Gasteiger charge is -1.96. The Morgan fingerprint density at radius 1 is 1.54 bits per heavy atom. The number of fused-ring (bicyclic) bond motifs is 1. The number of hydrogen-bond donors (Lipinski definition) is 1. The number of halogens is 1. The van der Waals surface area contributed by atoms with Crippen LogP contribution in [0.2, 0.25) is 5.02 Å². The molecule has 0 spiro atoms. The monoisotopic (exact) mass is 213 g/mol. The zero-order valence-electron chi connectivity index (χ0n) is 6.99. The van der Waals surface area contributed by atoms with Crippen LogP contribution in [0, 0.1) is 0 Å². The fourth-order valence-electron chi connectivity index (χ4n) is 1.28. The minimum atomic E-state index is 0.728. The number of para-hydroxylation sites is 1. The summed E-state index contributed by atoms with van der Waals surface area (Å²) in [6.45, 7) is 0. The van der Waals surface area contributed by atoms with Gasteiger partial charge in [0.15, 0.2) is 0 Å². The third kappa shape index (κ3) is 1.22. The molecule has 13 heavy (non-hydrogen) atoms. The van der Waals surface area contributed by atoms with Crippen molar-refractivity contribution in [3.63, 3.8) is 0 Å². The molecule has 68 valence electrons. The molecular weight excluding hydrogens is 206 g/mol. The van der Waals surface area contributed by atoms with E-state index in [1.807, 2.05) is 29.8 Å². The van der Waals surface area contributed by atoms with Crippen molar-refractivity contribution in [1.29, 1.82) is 0 Å². The standard InChI is InChI=1S/C8H8ClN3S/c1-12-7-5(9)3-2-4-6(7)13-8(12)11-10/h2-4H,10H2,1H3. The highest BCUT2D eigenvalue weighted by molar-refractivity contribution is 7.16. The van der Waals surface area contributed by atoms with Gasteiger partial charge in [0.2, 0.25) is 4.80 Å². The number of thiazole rings is 1. The predicted molar refractivity (Wildman–Crippen MR) is 55.6 cm³/mol. The molecule has 5 heteroatoms. The summed E-state index contributed by atoms with van der Waals surface area (Å²) in [5.41, 5.74) is 0.985. The second-order valence-corrected chi connectivity index (χ2v) is 4.08. The van der Waals surface area contributed by atoms with Crippen LogP contribution < -0.4 is 10.6 Å². The van der Waals surface area contributed by atoms with Gasteiger partial charge in [-0.1, -0.05) is 29.0 Å². The minimum absolute atomic E-state index is 0.728. The zero-order chi connectivity index (χ0) is 9.42. The van der Waals surface area contributed by atoms with E-state index in [0.717, 1.165) is 20.0 Å². The van der Waals surface area contributed by atoms with E-state index < -0.39 is 0 Å². The van der Waals surface area contributed by atoms with Crippen LogP contribution in [0.25, 0.3) is 10.2 Å². The van der Waals surface area contributed by atoms with E-state index in [4.69, 9.17) is 17.4 Å². The summed E-state index contributed by atoms with van der Waals surface area (Å²) in [4.78, 5) is 0.767. The lowest BCUT2D eigenvalue weighted by Crippen LogP contribution is -2.12. The molecule has 2 rings (SSSR count). The maximum Gasteiger partial charge on any atom is 0.208 e. The van der Waals surface area contributed by atoms with Crippen molar-refractivity contribution in [3.05, 3.63) is 28.0 Å². The summed E-state index contributed by atoms with van der Waals surface area (Å²) in [5, 5.41) is 4.40. The van der Waals surface area contributed by atoms with Crippen molar-refractivity contribution in [3.8, 4) is 0 Å². The van der Waals surface area contributed by atoms with Crippen LogP contribution in [-0.2, 0) is 7.05 Å². The van der Waals surface area contributed by atoms with E-state index in [9.17, 15) is 0 Å². The molecule has 1 aromatic carbocycles. The zero-order valence-corrected chi connectivity index (χ0v) is 8.56. The second-order valence-electron chi connectivity index (χ2n) is 2.66. The lowest BCUT2D eigenvalue weighted by molar-refractivity contribution is 0.888. The van der Waals surface area contributed by atoms with Gasteiger partial charge in [0.1, 0.15) is 0 Å². The topological polar surface area (TPSA) is 43.3 Å². The summed E-state index contributed by atoms with van der Waals surface area (Å²) >= 11 is 7.56.